The first-order valence-corrected chi connectivity index (χ1v) is 6.28. The first kappa shape index (κ1) is 13.8. The van der Waals surface area contributed by atoms with Gasteiger partial charge in [-0.2, -0.15) is 0 Å². The van der Waals surface area contributed by atoms with Crippen molar-refractivity contribution in [2.24, 2.45) is 4.99 Å². The number of para-hydroxylation sites is 1. The van der Waals surface area contributed by atoms with E-state index in [9.17, 15) is 0 Å². The van der Waals surface area contributed by atoms with E-state index in [-0.39, 0.29) is 0 Å². The maximum Gasteiger partial charge on any atom is 0.196 e. The van der Waals surface area contributed by atoms with Crippen molar-refractivity contribution >= 4 is 29.2 Å². The number of nitrogens with one attached hydrogen (secondary N) is 1. The number of benzene rings is 1. The molecule has 0 heterocycles. The molecule has 1 aromatic carbocycles. The molecule has 0 fully saturated rings. The van der Waals surface area contributed by atoms with E-state index in [0.717, 1.165) is 25.3 Å². The zero-order valence-corrected chi connectivity index (χ0v) is 11.2. The quantitative estimate of drug-likeness (QED) is 0.642. The molecule has 0 aromatic heterocycles. The molecule has 0 bridgehead atoms. The second kappa shape index (κ2) is 7.92. The number of thiocarbonyl (C=S) groups is 1. The number of rotatable bonds is 5. The van der Waals surface area contributed by atoms with Gasteiger partial charge < -0.3 is 5.32 Å². The Kier molecular flexibility index (Phi) is 6.43. The van der Waals surface area contributed by atoms with Gasteiger partial charge in [-0.15, -0.1) is 0 Å². The molecule has 92 valence electrons. The summed E-state index contributed by atoms with van der Waals surface area (Å²) in [5, 5.41) is 3.57. The summed E-state index contributed by atoms with van der Waals surface area (Å²) in [6, 6.07) is 9.82. The molecule has 3 nitrogen and oxygen atoms in total. The van der Waals surface area contributed by atoms with Gasteiger partial charge in [-0.3, -0.25) is 4.90 Å². The minimum absolute atomic E-state index is 0.503. The lowest BCUT2D eigenvalue weighted by molar-refractivity contribution is 0.350. The SMILES string of the molecule is CCN(CC)C/C=N\C(=S)Nc1ccccc1. The highest BCUT2D eigenvalue weighted by Gasteiger charge is 1.96. The van der Waals surface area contributed by atoms with Gasteiger partial charge in [-0.25, -0.2) is 4.99 Å². The molecule has 0 unspecified atom stereocenters. The fraction of sp³-hybridized carbons (Fsp3) is 0.385. The second-order valence-corrected chi connectivity index (χ2v) is 3.98. The second-order valence-electron chi connectivity index (χ2n) is 3.59. The molecule has 1 rings (SSSR count). The zero-order chi connectivity index (χ0) is 12.5. The third-order valence-corrected chi connectivity index (χ3v) is 2.68. The van der Waals surface area contributed by atoms with Crippen molar-refractivity contribution in [2.75, 3.05) is 25.0 Å². The van der Waals surface area contributed by atoms with Crippen LogP contribution in [0.15, 0.2) is 35.3 Å². The van der Waals surface area contributed by atoms with Gasteiger partial charge in [-0.1, -0.05) is 32.0 Å². The molecule has 0 aliphatic heterocycles. The lowest BCUT2D eigenvalue weighted by atomic mass is 10.3. The summed E-state index contributed by atoms with van der Waals surface area (Å²) in [5.74, 6) is 0. The van der Waals surface area contributed by atoms with Crippen molar-refractivity contribution in [3.8, 4) is 0 Å². The average Bonchev–Trinajstić information content (AvgIpc) is 2.36. The molecule has 0 spiro atoms. The summed E-state index contributed by atoms with van der Waals surface area (Å²) < 4.78 is 0. The van der Waals surface area contributed by atoms with E-state index in [1.165, 1.54) is 0 Å². The Morgan fingerprint density at radius 2 is 1.94 bits per heavy atom. The monoisotopic (exact) mass is 249 g/mol. The Hall–Kier alpha value is -1.26. The number of anilines is 1. The molecule has 0 saturated heterocycles. The molecular formula is C13H19N3S. The Bertz CT molecular complexity index is 358. The number of hydrogen-bond donors (Lipinski definition) is 1. The van der Waals surface area contributed by atoms with Crippen LogP contribution in [0.25, 0.3) is 0 Å². The third kappa shape index (κ3) is 5.56. The molecule has 1 N–H and O–H groups in total. The van der Waals surface area contributed by atoms with Gasteiger partial charge in [0.05, 0.1) is 0 Å². The summed E-state index contributed by atoms with van der Waals surface area (Å²) in [7, 11) is 0. The Morgan fingerprint density at radius 1 is 1.29 bits per heavy atom. The van der Waals surface area contributed by atoms with E-state index >= 15 is 0 Å². The maximum atomic E-state index is 5.13. The van der Waals surface area contributed by atoms with Crippen LogP contribution in [0.3, 0.4) is 0 Å². The first-order chi connectivity index (χ1) is 8.26. The lowest BCUT2D eigenvalue weighted by Crippen LogP contribution is -2.25. The minimum Gasteiger partial charge on any atom is -0.331 e. The van der Waals surface area contributed by atoms with E-state index < -0.39 is 0 Å². The van der Waals surface area contributed by atoms with Gasteiger partial charge in [0, 0.05) is 18.4 Å². The summed E-state index contributed by atoms with van der Waals surface area (Å²) in [6.07, 6.45) is 1.85. The van der Waals surface area contributed by atoms with Crippen LogP contribution in [0.2, 0.25) is 0 Å². The molecule has 0 aliphatic rings. The van der Waals surface area contributed by atoms with Crippen molar-refractivity contribution in [1.82, 2.24) is 4.90 Å². The fourth-order valence-electron chi connectivity index (χ4n) is 1.40. The van der Waals surface area contributed by atoms with E-state index in [1.54, 1.807) is 0 Å². The Morgan fingerprint density at radius 3 is 2.53 bits per heavy atom. The highest BCUT2D eigenvalue weighted by atomic mass is 32.1. The largest absolute Gasteiger partial charge is 0.331 e. The van der Waals surface area contributed by atoms with Crippen LogP contribution in [-0.4, -0.2) is 35.9 Å². The van der Waals surface area contributed by atoms with Crippen LogP contribution >= 0.6 is 12.2 Å². The van der Waals surface area contributed by atoms with Crippen molar-refractivity contribution in [3.63, 3.8) is 0 Å². The van der Waals surface area contributed by atoms with Crippen molar-refractivity contribution < 1.29 is 0 Å². The smallest absolute Gasteiger partial charge is 0.196 e. The molecule has 0 aliphatic carbocycles. The Balaban J connectivity index is 2.37. The first-order valence-electron chi connectivity index (χ1n) is 5.87. The van der Waals surface area contributed by atoms with Crippen LogP contribution in [-0.2, 0) is 0 Å². The molecule has 0 atom stereocenters. The third-order valence-electron chi connectivity index (χ3n) is 2.47. The van der Waals surface area contributed by atoms with Crippen LogP contribution in [0.1, 0.15) is 13.8 Å². The number of aliphatic imine (C=N–C) groups is 1. The predicted molar refractivity (Wildman–Crippen MR) is 78.9 cm³/mol. The van der Waals surface area contributed by atoms with Crippen molar-refractivity contribution in [1.29, 1.82) is 0 Å². The van der Waals surface area contributed by atoms with Crippen LogP contribution in [0.5, 0.6) is 0 Å². The molecular weight excluding hydrogens is 230 g/mol. The molecule has 0 radical (unpaired) electrons. The van der Waals surface area contributed by atoms with Gasteiger partial charge in [-0.05, 0) is 37.4 Å². The lowest BCUT2D eigenvalue weighted by Gasteiger charge is -2.14. The topological polar surface area (TPSA) is 27.6 Å². The van der Waals surface area contributed by atoms with Gasteiger partial charge >= 0.3 is 0 Å². The van der Waals surface area contributed by atoms with Gasteiger partial charge in [0.2, 0.25) is 0 Å². The average molecular weight is 249 g/mol. The summed E-state index contributed by atoms with van der Waals surface area (Å²) in [6.45, 7) is 7.17. The van der Waals surface area contributed by atoms with Crippen LogP contribution in [0, 0.1) is 0 Å². The molecule has 0 amide bonds. The maximum absolute atomic E-state index is 5.13. The highest BCUT2D eigenvalue weighted by Crippen LogP contribution is 2.04. The highest BCUT2D eigenvalue weighted by molar-refractivity contribution is 7.80. The summed E-state index contributed by atoms with van der Waals surface area (Å²) in [4.78, 5) is 6.48. The van der Waals surface area contributed by atoms with Gasteiger partial charge in [0.1, 0.15) is 0 Å². The standard InChI is InChI=1S/C13H19N3S/c1-3-16(4-2)11-10-14-13(17)15-12-8-6-5-7-9-12/h5-10H,3-4,11H2,1-2H3,(H,15,17)/b14-10-. The number of hydrogen-bond acceptors (Lipinski definition) is 2. The van der Waals surface area contributed by atoms with Crippen molar-refractivity contribution in [2.45, 2.75) is 13.8 Å². The molecule has 1 aromatic rings. The number of nitrogens with zero attached hydrogens (tertiary/aromatic N) is 2. The Labute approximate surface area is 109 Å². The van der Waals surface area contributed by atoms with E-state index in [2.05, 4.69) is 29.1 Å². The molecule has 4 heteroatoms. The summed E-state index contributed by atoms with van der Waals surface area (Å²) in [5.41, 5.74) is 0.970. The van der Waals surface area contributed by atoms with E-state index in [0.29, 0.717) is 5.11 Å². The van der Waals surface area contributed by atoms with Crippen LogP contribution in [0.4, 0.5) is 5.69 Å². The van der Waals surface area contributed by atoms with Crippen molar-refractivity contribution in [3.05, 3.63) is 30.3 Å². The zero-order valence-electron chi connectivity index (χ0n) is 10.4. The minimum atomic E-state index is 0.503. The summed E-state index contributed by atoms with van der Waals surface area (Å²) >= 11 is 5.13. The van der Waals surface area contributed by atoms with E-state index in [1.807, 2.05) is 36.5 Å². The predicted octanol–water partition coefficient (Wildman–Crippen LogP) is 2.80. The fourth-order valence-corrected chi connectivity index (χ4v) is 1.59. The molecule has 17 heavy (non-hydrogen) atoms. The van der Waals surface area contributed by atoms with Gasteiger partial charge in [0.15, 0.2) is 5.11 Å². The van der Waals surface area contributed by atoms with Gasteiger partial charge in [0.25, 0.3) is 0 Å². The molecule has 0 saturated carbocycles. The normalized spacial score (nSPS) is 11.0. The van der Waals surface area contributed by atoms with Crippen LogP contribution < -0.4 is 5.32 Å². The van der Waals surface area contributed by atoms with E-state index in [4.69, 9.17) is 12.2 Å².